The number of amides is 1. The van der Waals surface area contributed by atoms with Crippen LogP contribution in [0.25, 0.3) is 0 Å². The van der Waals surface area contributed by atoms with E-state index in [-0.39, 0.29) is 5.56 Å². The number of anilines is 1. The van der Waals surface area contributed by atoms with Crippen LogP contribution in [0.4, 0.5) is 23.2 Å². The SMILES string of the molecule is O=C(Nc1ccc(SC(F)F)cc1)c1ccc(F)cc1F. The second-order valence-corrected chi connectivity index (χ2v) is 5.04. The lowest BCUT2D eigenvalue weighted by Crippen LogP contribution is -2.13. The minimum Gasteiger partial charge on any atom is -0.322 e. The smallest absolute Gasteiger partial charge is 0.288 e. The molecule has 0 radical (unpaired) electrons. The Kier molecular flexibility index (Phi) is 4.85. The van der Waals surface area contributed by atoms with Crippen LogP contribution in [0, 0.1) is 11.6 Å². The van der Waals surface area contributed by atoms with E-state index in [4.69, 9.17) is 0 Å². The van der Waals surface area contributed by atoms with Gasteiger partial charge < -0.3 is 5.32 Å². The third-order valence-electron chi connectivity index (χ3n) is 2.51. The monoisotopic (exact) mass is 315 g/mol. The fourth-order valence-electron chi connectivity index (χ4n) is 1.59. The van der Waals surface area contributed by atoms with E-state index in [0.717, 1.165) is 12.1 Å². The minimum atomic E-state index is -2.53. The van der Waals surface area contributed by atoms with E-state index < -0.39 is 23.3 Å². The predicted octanol–water partition coefficient (Wildman–Crippen LogP) is 4.53. The van der Waals surface area contributed by atoms with E-state index in [2.05, 4.69) is 5.32 Å². The first-order chi connectivity index (χ1) is 9.95. The van der Waals surface area contributed by atoms with E-state index in [1.165, 1.54) is 24.3 Å². The van der Waals surface area contributed by atoms with Crippen molar-refractivity contribution in [2.45, 2.75) is 10.7 Å². The van der Waals surface area contributed by atoms with Crippen LogP contribution >= 0.6 is 11.8 Å². The molecule has 110 valence electrons. The molecule has 0 heterocycles. The summed E-state index contributed by atoms with van der Waals surface area (Å²) in [4.78, 5) is 12.2. The molecule has 0 aromatic heterocycles. The van der Waals surface area contributed by atoms with Crippen LogP contribution in [0.3, 0.4) is 0 Å². The number of carbonyl (C=O) groups is 1. The zero-order valence-corrected chi connectivity index (χ0v) is 11.3. The molecule has 21 heavy (non-hydrogen) atoms. The number of hydrogen-bond acceptors (Lipinski definition) is 2. The van der Waals surface area contributed by atoms with Gasteiger partial charge in [0.15, 0.2) is 0 Å². The number of hydrogen-bond donors (Lipinski definition) is 1. The summed E-state index contributed by atoms with van der Waals surface area (Å²) in [6, 6.07) is 8.27. The van der Waals surface area contributed by atoms with E-state index in [9.17, 15) is 22.4 Å². The molecule has 0 spiro atoms. The second-order valence-electron chi connectivity index (χ2n) is 3.98. The molecule has 0 bridgehead atoms. The lowest BCUT2D eigenvalue weighted by molar-refractivity contribution is 0.102. The average molecular weight is 315 g/mol. The third kappa shape index (κ3) is 4.22. The molecule has 0 aliphatic heterocycles. The highest BCUT2D eigenvalue weighted by Gasteiger charge is 2.13. The Labute approximate surface area is 122 Å². The lowest BCUT2D eigenvalue weighted by atomic mass is 10.2. The largest absolute Gasteiger partial charge is 0.322 e. The zero-order valence-electron chi connectivity index (χ0n) is 10.4. The van der Waals surface area contributed by atoms with Crippen molar-refractivity contribution in [2.75, 3.05) is 5.32 Å². The van der Waals surface area contributed by atoms with Crippen molar-refractivity contribution in [3.63, 3.8) is 0 Å². The molecule has 0 atom stereocenters. The number of carbonyl (C=O) groups excluding carboxylic acids is 1. The van der Waals surface area contributed by atoms with Crippen LogP contribution in [-0.4, -0.2) is 11.7 Å². The highest BCUT2D eigenvalue weighted by atomic mass is 32.2. The first-order valence-corrected chi connectivity index (χ1v) is 6.65. The maximum atomic E-state index is 13.4. The Morgan fingerprint density at radius 2 is 1.71 bits per heavy atom. The van der Waals surface area contributed by atoms with Gasteiger partial charge in [-0.05, 0) is 36.4 Å². The number of thioether (sulfide) groups is 1. The van der Waals surface area contributed by atoms with Crippen molar-refractivity contribution in [1.82, 2.24) is 0 Å². The average Bonchev–Trinajstić information content (AvgIpc) is 2.40. The van der Waals surface area contributed by atoms with Crippen molar-refractivity contribution in [2.24, 2.45) is 0 Å². The minimum absolute atomic E-state index is 0.303. The van der Waals surface area contributed by atoms with Crippen molar-refractivity contribution in [3.8, 4) is 0 Å². The quantitative estimate of drug-likeness (QED) is 0.663. The Morgan fingerprint density at radius 1 is 1.05 bits per heavy atom. The van der Waals surface area contributed by atoms with Gasteiger partial charge in [-0.1, -0.05) is 11.8 Å². The van der Waals surface area contributed by atoms with Crippen LogP contribution in [0.5, 0.6) is 0 Å². The van der Waals surface area contributed by atoms with E-state index in [1.807, 2.05) is 0 Å². The van der Waals surface area contributed by atoms with Crippen molar-refractivity contribution in [3.05, 3.63) is 59.7 Å². The summed E-state index contributed by atoms with van der Waals surface area (Å²) in [5, 5.41) is 2.40. The summed E-state index contributed by atoms with van der Waals surface area (Å²) in [5.74, 6) is -5.03. The standard InChI is InChI=1S/C14H9F4NOS/c15-8-1-6-11(12(16)7-8)13(20)19-9-2-4-10(5-3-9)21-14(17)18/h1-7,14H,(H,19,20). The summed E-state index contributed by atoms with van der Waals surface area (Å²) < 4.78 is 50.5. The van der Waals surface area contributed by atoms with E-state index in [1.54, 1.807) is 0 Å². The highest BCUT2D eigenvalue weighted by Crippen LogP contribution is 2.26. The fraction of sp³-hybridized carbons (Fsp3) is 0.0714. The van der Waals surface area contributed by atoms with Crippen molar-refractivity contribution >= 4 is 23.4 Å². The molecule has 2 nitrogen and oxygen atoms in total. The van der Waals surface area contributed by atoms with Gasteiger partial charge in [-0.15, -0.1) is 0 Å². The molecule has 2 aromatic rings. The second kappa shape index (κ2) is 6.62. The molecule has 0 aliphatic carbocycles. The molecule has 0 saturated carbocycles. The fourth-order valence-corrected chi connectivity index (χ4v) is 2.09. The lowest BCUT2D eigenvalue weighted by Gasteiger charge is -2.07. The molecule has 0 fully saturated rings. The van der Waals surface area contributed by atoms with Gasteiger partial charge in [0.25, 0.3) is 11.7 Å². The van der Waals surface area contributed by atoms with Gasteiger partial charge in [-0.25, -0.2) is 8.78 Å². The number of benzene rings is 2. The molecular formula is C14H9F4NOS. The zero-order chi connectivity index (χ0) is 15.4. The number of alkyl halides is 2. The molecule has 0 aliphatic rings. The van der Waals surface area contributed by atoms with Crippen LogP contribution in [-0.2, 0) is 0 Å². The van der Waals surface area contributed by atoms with Crippen LogP contribution in [0.15, 0.2) is 47.4 Å². The van der Waals surface area contributed by atoms with Gasteiger partial charge in [0.1, 0.15) is 11.6 Å². The molecule has 0 unspecified atom stereocenters. The molecule has 1 amide bonds. The number of nitrogens with one attached hydrogen (secondary N) is 1. The van der Waals surface area contributed by atoms with Crippen molar-refractivity contribution in [1.29, 1.82) is 0 Å². The molecule has 2 rings (SSSR count). The first-order valence-electron chi connectivity index (χ1n) is 5.77. The summed E-state index contributed by atoms with van der Waals surface area (Å²) in [7, 11) is 0. The third-order valence-corrected chi connectivity index (χ3v) is 3.24. The summed E-state index contributed by atoms with van der Waals surface area (Å²) in [6.45, 7) is 0. The Balaban J connectivity index is 2.08. The van der Waals surface area contributed by atoms with Gasteiger partial charge in [0.05, 0.1) is 5.56 Å². The highest BCUT2D eigenvalue weighted by molar-refractivity contribution is 7.99. The summed E-state index contributed by atoms with van der Waals surface area (Å²) >= 11 is 0.379. The van der Waals surface area contributed by atoms with Gasteiger partial charge in [0.2, 0.25) is 0 Å². The Hall–Kier alpha value is -2.02. The van der Waals surface area contributed by atoms with Crippen molar-refractivity contribution < 1.29 is 22.4 Å². The maximum absolute atomic E-state index is 13.4. The molecule has 2 aromatic carbocycles. The topological polar surface area (TPSA) is 29.1 Å². The maximum Gasteiger partial charge on any atom is 0.288 e. The van der Waals surface area contributed by atoms with Gasteiger partial charge in [-0.3, -0.25) is 4.79 Å². The van der Waals surface area contributed by atoms with Gasteiger partial charge >= 0.3 is 0 Å². The molecule has 0 saturated heterocycles. The number of halogens is 4. The van der Waals surface area contributed by atoms with E-state index in [0.29, 0.717) is 28.4 Å². The van der Waals surface area contributed by atoms with Gasteiger partial charge in [-0.2, -0.15) is 8.78 Å². The Bertz CT molecular complexity index is 646. The van der Waals surface area contributed by atoms with Crippen LogP contribution in [0.2, 0.25) is 0 Å². The molecular weight excluding hydrogens is 306 g/mol. The summed E-state index contributed by atoms with van der Waals surface area (Å²) in [6.07, 6.45) is 0. The molecule has 7 heteroatoms. The Morgan fingerprint density at radius 3 is 2.29 bits per heavy atom. The van der Waals surface area contributed by atoms with Gasteiger partial charge in [0, 0.05) is 16.6 Å². The number of rotatable bonds is 4. The normalized spacial score (nSPS) is 10.7. The van der Waals surface area contributed by atoms with Crippen LogP contribution in [0.1, 0.15) is 10.4 Å². The molecule has 1 N–H and O–H groups in total. The van der Waals surface area contributed by atoms with Crippen LogP contribution < -0.4 is 5.32 Å². The summed E-state index contributed by atoms with van der Waals surface area (Å²) in [5.41, 5.74) is 0.0183. The first kappa shape index (κ1) is 15.4. The van der Waals surface area contributed by atoms with E-state index >= 15 is 0 Å². The predicted molar refractivity (Wildman–Crippen MR) is 72.6 cm³/mol.